The first-order chi connectivity index (χ1) is 12.7. The highest BCUT2D eigenvalue weighted by atomic mass is 35.5. The van der Waals surface area contributed by atoms with Gasteiger partial charge in [0.15, 0.2) is 5.78 Å². The van der Waals surface area contributed by atoms with Crippen LogP contribution in [0.3, 0.4) is 0 Å². The molecule has 0 radical (unpaired) electrons. The summed E-state index contributed by atoms with van der Waals surface area (Å²) in [5, 5.41) is 0.558. The largest absolute Gasteiger partial charge is 0.484 e. The summed E-state index contributed by atoms with van der Waals surface area (Å²) in [5.74, 6) is 1.88. The number of para-hydroxylation sites is 1. The van der Waals surface area contributed by atoms with Crippen molar-refractivity contribution >= 4 is 34.8 Å². The molecule has 0 unspecified atom stereocenters. The van der Waals surface area contributed by atoms with Gasteiger partial charge in [-0.1, -0.05) is 37.1 Å². The average Bonchev–Trinajstić information content (AvgIpc) is 3.29. The molecule has 26 heavy (non-hydrogen) atoms. The predicted octanol–water partition coefficient (Wildman–Crippen LogP) is 6.42. The van der Waals surface area contributed by atoms with Gasteiger partial charge in [0.2, 0.25) is 0 Å². The van der Waals surface area contributed by atoms with Crippen LogP contribution >= 0.6 is 22.9 Å². The molecule has 0 atom stereocenters. The second-order valence-corrected chi connectivity index (χ2v) is 7.31. The molecule has 1 aromatic carbocycles. The monoisotopic (exact) mass is 386 g/mol. The Morgan fingerprint density at radius 3 is 2.85 bits per heavy atom. The van der Waals surface area contributed by atoms with Gasteiger partial charge in [0, 0.05) is 4.88 Å². The Morgan fingerprint density at radius 2 is 2.04 bits per heavy atom. The first kappa shape index (κ1) is 18.5. The van der Waals surface area contributed by atoms with Gasteiger partial charge in [-0.2, -0.15) is 0 Å². The number of rotatable bonds is 8. The number of carbonyl (C=O) groups is 1. The zero-order valence-electron chi connectivity index (χ0n) is 14.4. The van der Waals surface area contributed by atoms with Crippen LogP contribution in [0.25, 0.3) is 6.08 Å². The van der Waals surface area contributed by atoms with Crippen molar-refractivity contribution in [2.24, 2.45) is 0 Å². The highest BCUT2D eigenvalue weighted by Crippen LogP contribution is 2.24. The maximum atomic E-state index is 12.2. The summed E-state index contributed by atoms with van der Waals surface area (Å²) in [4.78, 5) is 14.2. The molecule has 0 N–H and O–H groups in total. The summed E-state index contributed by atoms with van der Waals surface area (Å²) in [7, 11) is 0. The molecular formula is C21H19ClO3S. The molecule has 134 valence electrons. The zero-order chi connectivity index (χ0) is 18.4. The van der Waals surface area contributed by atoms with E-state index in [1.54, 1.807) is 35.6 Å². The van der Waals surface area contributed by atoms with E-state index in [1.165, 1.54) is 4.88 Å². The van der Waals surface area contributed by atoms with E-state index in [4.69, 9.17) is 20.8 Å². The van der Waals surface area contributed by atoms with E-state index in [0.717, 1.165) is 17.7 Å². The molecule has 0 bridgehead atoms. The number of ether oxygens (including phenoxy) is 1. The minimum absolute atomic E-state index is 0.0115. The molecule has 3 aromatic rings. The van der Waals surface area contributed by atoms with Gasteiger partial charge in [-0.05, 0) is 55.0 Å². The number of benzene rings is 1. The van der Waals surface area contributed by atoms with Crippen LogP contribution in [0.1, 0.15) is 39.4 Å². The van der Waals surface area contributed by atoms with Crippen molar-refractivity contribution in [2.45, 2.75) is 26.4 Å². The van der Waals surface area contributed by atoms with Crippen LogP contribution in [0.5, 0.6) is 5.75 Å². The van der Waals surface area contributed by atoms with E-state index in [1.807, 2.05) is 36.4 Å². The van der Waals surface area contributed by atoms with Crippen LogP contribution in [-0.2, 0) is 13.0 Å². The third-order valence-electron chi connectivity index (χ3n) is 3.69. The number of thiophene rings is 1. The maximum absolute atomic E-state index is 12.2. The fraction of sp³-hybridized carbons (Fsp3) is 0.190. The number of aryl methyl sites for hydroxylation is 1. The van der Waals surface area contributed by atoms with E-state index in [2.05, 4.69) is 6.92 Å². The van der Waals surface area contributed by atoms with E-state index in [-0.39, 0.29) is 12.4 Å². The molecule has 0 aliphatic heterocycles. The van der Waals surface area contributed by atoms with E-state index >= 15 is 0 Å². The summed E-state index contributed by atoms with van der Waals surface area (Å²) >= 11 is 7.61. The number of halogens is 1. The molecule has 2 heterocycles. The fourth-order valence-corrected chi connectivity index (χ4v) is 3.62. The molecule has 0 spiro atoms. The third-order valence-corrected chi connectivity index (χ3v) is 5.16. The van der Waals surface area contributed by atoms with Gasteiger partial charge in [-0.25, -0.2) is 0 Å². The molecule has 0 fully saturated rings. The Bertz CT molecular complexity index is 907. The Morgan fingerprint density at radius 1 is 1.19 bits per heavy atom. The molecule has 0 saturated heterocycles. The summed E-state index contributed by atoms with van der Waals surface area (Å²) in [6.07, 6.45) is 5.31. The van der Waals surface area contributed by atoms with E-state index in [9.17, 15) is 4.79 Å². The van der Waals surface area contributed by atoms with Crippen LogP contribution in [0.4, 0.5) is 0 Å². The number of ketones is 1. The van der Waals surface area contributed by atoms with E-state index < -0.39 is 0 Å². The molecule has 5 heteroatoms. The Kier molecular flexibility index (Phi) is 6.31. The van der Waals surface area contributed by atoms with Crippen molar-refractivity contribution in [3.63, 3.8) is 0 Å². The van der Waals surface area contributed by atoms with Crippen molar-refractivity contribution in [3.8, 4) is 5.75 Å². The summed E-state index contributed by atoms with van der Waals surface area (Å²) < 4.78 is 11.3. The Balaban J connectivity index is 1.58. The van der Waals surface area contributed by atoms with Crippen molar-refractivity contribution in [2.75, 3.05) is 0 Å². The van der Waals surface area contributed by atoms with E-state index in [0.29, 0.717) is 22.3 Å². The lowest BCUT2D eigenvalue weighted by Gasteiger charge is -2.05. The zero-order valence-corrected chi connectivity index (χ0v) is 16.0. The molecule has 0 saturated carbocycles. The van der Waals surface area contributed by atoms with Crippen LogP contribution in [0.15, 0.2) is 59.0 Å². The average molecular weight is 387 g/mol. The van der Waals surface area contributed by atoms with Crippen LogP contribution in [0.2, 0.25) is 5.02 Å². The Labute approximate surface area is 161 Å². The highest BCUT2D eigenvalue weighted by Gasteiger charge is 2.07. The van der Waals surface area contributed by atoms with Crippen molar-refractivity contribution in [1.82, 2.24) is 0 Å². The predicted molar refractivity (Wildman–Crippen MR) is 106 cm³/mol. The molecule has 0 aliphatic rings. The maximum Gasteiger partial charge on any atom is 0.195 e. The number of allylic oxidation sites excluding steroid dienone is 1. The normalized spacial score (nSPS) is 11.2. The summed E-state index contributed by atoms with van der Waals surface area (Å²) in [5.41, 5.74) is 0. The van der Waals surface area contributed by atoms with Gasteiger partial charge in [0.1, 0.15) is 23.9 Å². The van der Waals surface area contributed by atoms with Gasteiger partial charge in [-0.3, -0.25) is 4.79 Å². The second-order valence-electron chi connectivity index (χ2n) is 5.74. The summed E-state index contributed by atoms with van der Waals surface area (Å²) in [6.45, 7) is 2.40. The van der Waals surface area contributed by atoms with Gasteiger partial charge in [0.25, 0.3) is 0 Å². The SMILES string of the molecule is CCCc1ccc(C(=O)/C=C/c2ccc(COc3ccccc3Cl)o2)s1. The lowest BCUT2D eigenvalue weighted by atomic mass is 10.2. The van der Waals surface area contributed by atoms with Crippen molar-refractivity contribution in [3.05, 3.63) is 80.9 Å². The third kappa shape index (κ3) is 4.87. The molecular weight excluding hydrogens is 368 g/mol. The molecule has 3 nitrogen and oxygen atoms in total. The summed E-state index contributed by atoms with van der Waals surface area (Å²) in [6, 6.07) is 14.8. The number of furan rings is 1. The highest BCUT2D eigenvalue weighted by molar-refractivity contribution is 7.14. The molecule has 0 aliphatic carbocycles. The number of hydrogen-bond donors (Lipinski definition) is 0. The van der Waals surface area contributed by atoms with Gasteiger partial charge in [0.05, 0.1) is 9.90 Å². The minimum Gasteiger partial charge on any atom is -0.484 e. The van der Waals surface area contributed by atoms with Crippen LogP contribution < -0.4 is 4.74 Å². The molecule has 2 aromatic heterocycles. The quantitative estimate of drug-likeness (QED) is 0.331. The van der Waals surface area contributed by atoms with Crippen molar-refractivity contribution < 1.29 is 13.9 Å². The van der Waals surface area contributed by atoms with Gasteiger partial charge >= 0.3 is 0 Å². The first-order valence-corrected chi connectivity index (χ1v) is 9.62. The second kappa shape index (κ2) is 8.88. The fourth-order valence-electron chi connectivity index (χ4n) is 2.40. The lowest BCUT2D eigenvalue weighted by Crippen LogP contribution is -1.93. The van der Waals surface area contributed by atoms with Crippen molar-refractivity contribution in [1.29, 1.82) is 0 Å². The molecule has 0 amide bonds. The lowest BCUT2D eigenvalue weighted by molar-refractivity contribution is 0.105. The van der Waals surface area contributed by atoms with Crippen LogP contribution in [-0.4, -0.2) is 5.78 Å². The number of hydrogen-bond acceptors (Lipinski definition) is 4. The standard InChI is InChI=1S/C21H19ClO3S/c1-2-5-17-11-13-21(26-17)19(23)12-10-15-8-9-16(25-15)14-24-20-7-4-3-6-18(20)22/h3-4,6-13H,2,5,14H2,1H3/b12-10+. The topological polar surface area (TPSA) is 39.4 Å². The minimum atomic E-state index is -0.0115. The van der Waals surface area contributed by atoms with Gasteiger partial charge < -0.3 is 9.15 Å². The number of carbonyl (C=O) groups excluding carboxylic acids is 1. The molecule has 3 rings (SSSR count). The Hall–Kier alpha value is -2.30. The first-order valence-electron chi connectivity index (χ1n) is 8.43. The van der Waals surface area contributed by atoms with Gasteiger partial charge in [-0.15, -0.1) is 11.3 Å². The van der Waals surface area contributed by atoms with Crippen LogP contribution in [0, 0.1) is 0 Å². The smallest absolute Gasteiger partial charge is 0.195 e.